The van der Waals surface area contributed by atoms with Crippen molar-refractivity contribution >= 4 is 22.6 Å². The first-order chi connectivity index (χ1) is 21.0. The highest BCUT2D eigenvalue weighted by atomic mass is 16.7. The van der Waals surface area contributed by atoms with Gasteiger partial charge < -0.3 is 19.9 Å². The first-order valence-electron chi connectivity index (χ1n) is 14.4. The molecule has 0 radical (unpaired) electrons. The maximum atomic E-state index is 12.9. The number of aliphatic hydroxyl groups is 1. The van der Waals surface area contributed by atoms with E-state index in [1.165, 1.54) is 11.8 Å². The molecule has 2 heterocycles. The van der Waals surface area contributed by atoms with Gasteiger partial charge in [0, 0.05) is 30.8 Å². The Bertz CT molecular complexity index is 1660. The van der Waals surface area contributed by atoms with Crippen LogP contribution in [0.1, 0.15) is 51.6 Å². The zero-order valence-electron chi connectivity index (χ0n) is 24.0. The van der Waals surface area contributed by atoms with Gasteiger partial charge >= 0.3 is 0 Å². The summed E-state index contributed by atoms with van der Waals surface area (Å²) in [6, 6.07) is 33.2. The lowest BCUT2D eigenvalue weighted by atomic mass is 9.99. The molecular formula is C35H34N4O4. The topological polar surface area (TPSA) is 96.8 Å². The molecule has 1 fully saturated rings. The molecule has 1 aromatic heterocycles. The van der Waals surface area contributed by atoms with Crippen LogP contribution in [0, 0.1) is 0 Å². The number of fused-ring (bicyclic) bond motifs is 1. The summed E-state index contributed by atoms with van der Waals surface area (Å²) >= 11 is 0. The van der Waals surface area contributed by atoms with E-state index in [2.05, 4.69) is 51.5 Å². The Hall–Kier alpha value is -4.47. The lowest BCUT2D eigenvalue weighted by Gasteiger charge is -2.38. The molecule has 2 N–H and O–H groups in total. The molecule has 3 atom stereocenters. The minimum Gasteiger partial charge on any atom is -0.392 e. The van der Waals surface area contributed by atoms with E-state index in [9.17, 15) is 9.90 Å². The van der Waals surface area contributed by atoms with Crippen LogP contribution in [-0.2, 0) is 22.6 Å². The molecule has 0 bridgehead atoms. The van der Waals surface area contributed by atoms with E-state index in [0.29, 0.717) is 17.6 Å². The van der Waals surface area contributed by atoms with Crippen molar-refractivity contribution in [1.82, 2.24) is 14.9 Å². The molecule has 0 aliphatic carbocycles. The fourth-order valence-electron chi connectivity index (χ4n) is 5.33. The third kappa shape index (κ3) is 7.13. The second-order valence-corrected chi connectivity index (χ2v) is 10.9. The minimum atomic E-state index is -0.581. The summed E-state index contributed by atoms with van der Waals surface area (Å²) < 4.78 is 13.0. The Morgan fingerprint density at radius 1 is 0.860 bits per heavy atom. The molecule has 4 aromatic carbocycles. The van der Waals surface area contributed by atoms with Crippen molar-refractivity contribution < 1.29 is 19.4 Å². The van der Waals surface area contributed by atoms with Crippen molar-refractivity contribution in [2.24, 2.45) is 0 Å². The van der Waals surface area contributed by atoms with Crippen molar-refractivity contribution in [1.29, 1.82) is 0 Å². The van der Waals surface area contributed by atoms with E-state index in [1.54, 1.807) is 0 Å². The van der Waals surface area contributed by atoms with Gasteiger partial charge in [-0.05, 0) is 48.0 Å². The third-order valence-corrected chi connectivity index (χ3v) is 7.55. The van der Waals surface area contributed by atoms with Crippen LogP contribution in [0.3, 0.4) is 0 Å². The summed E-state index contributed by atoms with van der Waals surface area (Å²) in [7, 11) is 2.10. The van der Waals surface area contributed by atoms with Crippen molar-refractivity contribution in [3.8, 4) is 0 Å². The van der Waals surface area contributed by atoms with E-state index >= 15 is 0 Å². The molecule has 1 aliphatic rings. The quantitative estimate of drug-likeness (QED) is 0.221. The Morgan fingerprint density at radius 2 is 1.56 bits per heavy atom. The Kier molecular flexibility index (Phi) is 8.81. The molecule has 1 amide bonds. The number of anilines is 1. The zero-order chi connectivity index (χ0) is 29.6. The van der Waals surface area contributed by atoms with Gasteiger partial charge in [-0.2, -0.15) is 0 Å². The molecule has 218 valence electrons. The van der Waals surface area contributed by atoms with Gasteiger partial charge in [0.2, 0.25) is 0 Å². The van der Waals surface area contributed by atoms with E-state index in [0.717, 1.165) is 35.3 Å². The number of amides is 1. The summed E-state index contributed by atoms with van der Waals surface area (Å²) in [6.45, 7) is 1.56. The van der Waals surface area contributed by atoms with Gasteiger partial charge in [0.1, 0.15) is 5.69 Å². The van der Waals surface area contributed by atoms with Crippen LogP contribution in [0.5, 0.6) is 0 Å². The van der Waals surface area contributed by atoms with E-state index < -0.39 is 6.29 Å². The number of aromatic nitrogens is 2. The van der Waals surface area contributed by atoms with Gasteiger partial charge in [-0.25, -0.2) is 4.98 Å². The standard InChI is InChI=1S/C35H34N4O4/c1-39(21-24-7-3-2-4-8-24)22-29-19-33(26-13-11-25(23-40)12-14-26)43-35(42-29)27-15-17-28(18-16-27)37-34(41)32-20-36-30-9-5-6-10-31(30)38-32/h2-18,20,29,33,35,40H,19,21-23H2,1H3,(H,37,41)/t29-,33+,35+/m0/s1. The highest BCUT2D eigenvalue weighted by Gasteiger charge is 2.32. The fourth-order valence-corrected chi connectivity index (χ4v) is 5.33. The summed E-state index contributed by atoms with van der Waals surface area (Å²) in [4.78, 5) is 23.9. The molecule has 1 aliphatic heterocycles. The smallest absolute Gasteiger partial charge is 0.275 e. The highest BCUT2D eigenvalue weighted by molar-refractivity contribution is 6.03. The van der Waals surface area contributed by atoms with Gasteiger partial charge in [0.05, 0.1) is 36.0 Å². The zero-order valence-corrected chi connectivity index (χ0v) is 24.0. The van der Waals surface area contributed by atoms with Crippen LogP contribution in [0.25, 0.3) is 11.0 Å². The largest absolute Gasteiger partial charge is 0.392 e. The van der Waals surface area contributed by atoms with E-state index in [1.807, 2.05) is 78.9 Å². The first-order valence-corrected chi connectivity index (χ1v) is 14.4. The number of rotatable bonds is 9. The first kappa shape index (κ1) is 28.6. The molecule has 8 nitrogen and oxygen atoms in total. The highest BCUT2D eigenvalue weighted by Crippen LogP contribution is 2.38. The molecule has 0 saturated carbocycles. The van der Waals surface area contributed by atoms with Crippen LogP contribution in [0.15, 0.2) is 109 Å². The molecule has 5 aromatic rings. The summed E-state index contributed by atoms with van der Waals surface area (Å²) in [5.74, 6) is -0.330. The number of benzene rings is 4. The molecule has 8 heteroatoms. The summed E-state index contributed by atoms with van der Waals surface area (Å²) in [5.41, 5.74) is 6.30. The van der Waals surface area contributed by atoms with Crippen LogP contribution < -0.4 is 5.32 Å². The van der Waals surface area contributed by atoms with Crippen molar-refractivity contribution in [2.45, 2.75) is 38.1 Å². The predicted molar refractivity (Wildman–Crippen MR) is 165 cm³/mol. The lowest BCUT2D eigenvalue weighted by Crippen LogP contribution is -2.37. The van der Waals surface area contributed by atoms with Crippen molar-refractivity contribution in [3.05, 3.63) is 137 Å². The number of hydrogen-bond acceptors (Lipinski definition) is 7. The maximum absolute atomic E-state index is 12.9. The van der Waals surface area contributed by atoms with Crippen LogP contribution in [0.4, 0.5) is 5.69 Å². The minimum absolute atomic E-state index is 0.000765. The number of aliphatic hydroxyl groups excluding tert-OH is 1. The molecule has 43 heavy (non-hydrogen) atoms. The van der Waals surface area contributed by atoms with Gasteiger partial charge in [-0.1, -0.05) is 78.9 Å². The Labute approximate surface area is 250 Å². The lowest BCUT2D eigenvalue weighted by molar-refractivity contribution is -0.252. The molecular weight excluding hydrogens is 540 g/mol. The average molecular weight is 575 g/mol. The normalized spacial score (nSPS) is 18.5. The van der Waals surface area contributed by atoms with Crippen LogP contribution >= 0.6 is 0 Å². The van der Waals surface area contributed by atoms with Gasteiger partial charge in [-0.15, -0.1) is 0 Å². The SMILES string of the molecule is CN(Cc1ccccc1)C[C@@H]1C[C@H](c2ccc(CO)cc2)O[C@H](c2ccc(NC(=O)c3cnc4ccccc4n3)cc2)O1. The van der Waals surface area contributed by atoms with E-state index in [-0.39, 0.29) is 30.4 Å². The molecule has 6 rings (SSSR count). The number of likely N-dealkylation sites (N-methyl/N-ethyl adjacent to an activating group) is 1. The number of hydrogen-bond donors (Lipinski definition) is 2. The van der Waals surface area contributed by atoms with Gasteiger partial charge in [-0.3, -0.25) is 14.7 Å². The van der Waals surface area contributed by atoms with Crippen LogP contribution in [-0.4, -0.2) is 45.6 Å². The van der Waals surface area contributed by atoms with Gasteiger partial charge in [0.25, 0.3) is 5.91 Å². The second kappa shape index (κ2) is 13.2. The fraction of sp³-hybridized carbons (Fsp3) is 0.229. The monoisotopic (exact) mass is 574 g/mol. The Morgan fingerprint density at radius 3 is 2.30 bits per heavy atom. The number of ether oxygens (including phenoxy) is 2. The number of carbonyl (C=O) groups is 1. The van der Waals surface area contributed by atoms with E-state index in [4.69, 9.17) is 9.47 Å². The number of nitrogens with zero attached hydrogens (tertiary/aromatic N) is 3. The number of nitrogens with one attached hydrogen (secondary N) is 1. The van der Waals surface area contributed by atoms with Crippen molar-refractivity contribution in [2.75, 3.05) is 18.9 Å². The summed E-state index contributed by atoms with van der Waals surface area (Å²) in [6.07, 6.45) is 1.36. The molecule has 0 unspecified atom stereocenters. The van der Waals surface area contributed by atoms with Crippen LogP contribution in [0.2, 0.25) is 0 Å². The van der Waals surface area contributed by atoms with Crippen molar-refractivity contribution in [3.63, 3.8) is 0 Å². The second-order valence-electron chi connectivity index (χ2n) is 10.9. The number of carbonyl (C=O) groups excluding carboxylic acids is 1. The maximum Gasteiger partial charge on any atom is 0.275 e. The molecule has 1 saturated heterocycles. The average Bonchev–Trinajstić information content (AvgIpc) is 3.05. The number of para-hydroxylation sites is 2. The predicted octanol–water partition coefficient (Wildman–Crippen LogP) is 6.05. The van der Waals surface area contributed by atoms with Gasteiger partial charge in [0.15, 0.2) is 6.29 Å². The summed E-state index contributed by atoms with van der Waals surface area (Å²) in [5, 5.41) is 12.4. The Balaban J connectivity index is 1.16. The third-order valence-electron chi connectivity index (χ3n) is 7.55. The molecule has 0 spiro atoms.